The van der Waals surface area contributed by atoms with Gasteiger partial charge in [-0.25, -0.2) is 0 Å². The average molecular weight is 522 g/mol. The number of nitrogens with one attached hydrogen (secondary N) is 1. The van der Waals surface area contributed by atoms with Gasteiger partial charge in [0.15, 0.2) is 5.11 Å². The molecule has 1 saturated heterocycles. The van der Waals surface area contributed by atoms with E-state index in [0.717, 1.165) is 17.7 Å². The smallest absolute Gasteiger partial charge is 0.256 e. The van der Waals surface area contributed by atoms with Crippen LogP contribution in [0.1, 0.15) is 25.3 Å². The zero-order chi connectivity index (χ0) is 25.5. The molecule has 3 aromatic rings. The van der Waals surface area contributed by atoms with Gasteiger partial charge in [-0.15, -0.1) is 0 Å². The van der Waals surface area contributed by atoms with E-state index in [-0.39, 0.29) is 18.2 Å². The molecule has 0 saturated carbocycles. The summed E-state index contributed by atoms with van der Waals surface area (Å²) in [6.45, 7) is 3.18. The minimum atomic E-state index is -0.697. The number of anilines is 2. The Morgan fingerprint density at radius 3 is 2.39 bits per heavy atom. The van der Waals surface area contributed by atoms with Crippen molar-refractivity contribution in [2.45, 2.75) is 32.2 Å². The largest absolute Gasteiger partial charge is 0.494 e. The summed E-state index contributed by atoms with van der Waals surface area (Å²) in [5.74, 6) is 0.281. The zero-order valence-electron chi connectivity index (χ0n) is 20.0. The third kappa shape index (κ3) is 6.22. The highest BCUT2D eigenvalue weighted by atomic mass is 35.5. The van der Waals surface area contributed by atoms with Crippen LogP contribution in [0.25, 0.3) is 0 Å². The molecule has 1 N–H and O–H groups in total. The number of rotatable bonds is 10. The molecular formula is C28H28ClN3O3S. The van der Waals surface area contributed by atoms with Crippen LogP contribution in [-0.2, 0) is 16.0 Å². The summed E-state index contributed by atoms with van der Waals surface area (Å²) < 4.78 is 5.60. The molecule has 3 aromatic carbocycles. The van der Waals surface area contributed by atoms with Crippen LogP contribution in [0.4, 0.5) is 11.4 Å². The van der Waals surface area contributed by atoms with Crippen molar-refractivity contribution in [2.24, 2.45) is 0 Å². The van der Waals surface area contributed by atoms with Crippen LogP contribution in [0, 0.1) is 0 Å². The molecule has 1 aliphatic heterocycles. The minimum Gasteiger partial charge on any atom is -0.494 e. The SMILES string of the molecule is CCCOc1ccc(NC(=O)CC2C(=O)N(c3ccccc3)C(=S)N2CCc2ccc(Cl)cc2)cc1. The van der Waals surface area contributed by atoms with Crippen LogP contribution in [0.15, 0.2) is 78.9 Å². The van der Waals surface area contributed by atoms with E-state index in [2.05, 4.69) is 5.32 Å². The van der Waals surface area contributed by atoms with Crippen LogP contribution < -0.4 is 15.0 Å². The predicted octanol–water partition coefficient (Wildman–Crippen LogP) is 5.70. The van der Waals surface area contributed by atoms with Gasteiger partial charge in [0, 0.05) is 17.3 Å². The lowest BCUT2D eigenvalue weighted by Gasteiger charge is -2.24. The maximum atomic E-state index is 13.5. The number of thiocarbonyl (C=S) groups is 1. The number of para-hydroxylation sites is 1. The Bertz CT molecular complexity index is 1200. The third-order valence-corrected chi connectivity index (χ3v) is 6.55. The number of benzene rings is 3. The van der Waals surface area contributed by atoms with Crippen molar-refractivity contribution in [2.75, 3.05) is 23.4 Å². The molecule has 36 heavy (non-hydrogen) atoms. The van der Waals surface area contributed by atoms with E-state index in [1.54, 1.807) is 12.1 Å². The van der Waals surface area contributed by atoms with Crippen molar-refractivity contribution in [1.82, 2.24) is 4.90 Å². The summed E-state index contributed by atoms with van der Waals surface area (Å²) in [6, 6.07) is 23.4. The quantitative estimate of drug-likeness (QED) is 0.347. The molecule has 1 aliphatic rings. The number of carbonyl (C=O) groups is 2. The van der Waals surface area contributed by atoms with E-state index in [0.29, 0.717) is 41.1 Å². The number of halogens is 1. The molecular weight excluding hydrogens is 494 g/mol. The van der Waals surface area contributed by atoms with Crippen molar-refractivity contribution in [3.05, 3.63) is 89.4 Å². The summed E-state index contributed by atoms with van der Waals surface area (Å²) in [6.07, 6.45) is 1.56. The van der Waals surface area contributed by atoms with E-state index in [1.807, 2.05) is 78.6 Å². The fourth-order valence-corrected chi connectivity index (χ4v) is 4.58. The fraction of sp³-hybridized carbons (Fsp3) is 0.250. The van der Waals surface area contributed by atoms with Crippen molar-refractivity contribution < 1.29 is 14.3 Å². The minimum absolute atomic E-state index is 0.0169. The van der Waals surface area contributed by atoms with Crippen LogP contribution in [0.5, 0.6) is 5.75 Å². The Kier molecular flexibility index (Phi) is 8.57. The van der Waals surface area contributed by atoms with Crippen molar-refractivity contribution in [3.63, 3.8) is 0 Å². The summed E-state index contributed by atoms with van der Waals surface area (Å²) >= 11 is 11.7. The van der Waals surface area contributed by atoms with E-state index < -0.39 is 6.04 Å². The summed E-state index contributed by atoms with van der Waals surface area (Å²) in [5, 5.41) is 3.96. The van der Waals surface area contributed by atoms with Crippen LogP contribution in [-0.4, -0.2) is 41.0 Å². The van der Waals surface area contributed by atoms with Gasteiger partial charge in [0.1, 0.15) is 11.8 Å². The molecule has 1 unspecified atom stereocenters. The second-order valence-corrected chi connectivity index (χ2v) is 9.30. The highest BCUT2D eigenvalue weighted by Gasteiger charge is 2.43. The van der Waals surface area contributed by atoms with Gasteiger partial charge in [-0.2, -0.15) is 0 Å². The maximum Gasteiger partial charge on any atom is 0.256 e. The third-order valence-electron chi connectivity index (χ3n) is 5.88. The van der Waals surface area contributed by atoms with Crippen molar-refractivity contribution in [1.29, 1.82) is 0 Å². The lowest BCUT2D eigenvalue weighted by molar-refractivity contribution is -0.124. The van der Waals surface area contributed by atoms with Gasteiger partial charge in [0.05, 0.1) is 18.7 Å². The highest BCUT2D eigenvalue weighted by Crippen LogP contribution is 2.28. The molecule has 2 amide bonds. The van der Waals surface area contributed by atoms with Gasteiger partial charge < -0.3 is 15.0 Å². The Hall–Kier alpha value is -3.42. The molecule has 0 spiro atoms. The van der Waals surface area contributed by atoms with Gasteiger partial charge in [0.2, 0.25) is 5.91 Å². The van der Waals surface area contributed by atoms with E-state index in [9.17, 15) is 9.59 Å². The predicted molar refractivity (Wildman–Crippen MR) is 148 cm³/mol. The number of carbonyl (C=O) groups excluding carboxylic acids is 2. The van der Waals surface area contributed by atoms with Gasteiger partial charge in [-0.05, 0) is 79.2 Å². The Morgan fingerprint density at radius 1 is 1.03 bits per heavy atom. The molecule has 0 bridgehead atoms. The molecule has 1 fully saturated rings. The monoisotopic (exact) mass is 521 g/mol. The second kappa shape index (κ2) is 12.0. The number of hydrogen-bond donors (Lipinski definition) is 1. The van der Waals surface area contributed by atoms with Crippen LogP contribution in [0.3, 0.4) is 0 Å². The summed E-state index contributed by atoms with van der Waals surface area (Å²) in [7, 11) is 0. The number of amides is 2. The fourth-order valence-electron chi connectivity index (χ4n) is 4.04. The molecule has 0 aromatic heterocycles. The maximum absolute atomic E-state index is 13.5. The van der Waals surface area contributed by atoms with E-state index >= 15 is 0 Å². The molecule has 0 aliphatic carbocycles. The Labute approximate surface area is 221 Å². The van der Waals surface area contributed by atoms with E-state index in [4.69, 9.17) is 28.6 Å². The van der Waals surface area contributed by atoms with Crippen molar-refractivity contribution in [3.8, 4) is 5.75 Å². The highest BCUT2D eigenvalue weighted by molar-refractivity contribution is 7.80. The average Bonchev–Trinajstić information content (AvgIpc) is 3.12. The topological polar surface area (TPSA) is 61.9 Å². The Morgan fingerprint density at radius 2 is 1.72 bits per heavy atom. The summed E-state index contributed by atoms with van der Waals surface area (Å²) in [4.78, 5) is 29.8. The molecule has 1 atom stereocenters. The molecule has 0 radical (unpaired) electrons. The second-order valence-electron chi connectivity index (χ2n) is 8.50. The first-order valence-electron chi connectivity index (χ1n) is 11.9. The van der Waals surface area contributed by atoms with E-state index in [1.165, 1.54) is 4.90 Å². The van der Waals surface area contributed by atoms with Gasteiger partial charge in [0.25, 0.3) is 5.91 Å². The first-order chi connectivity index (χ1) is 17.5. The first kappa shape index (κ1) is 25.7. The molecule has 6 nitrogen and oxygen atoms in total. The van der Waals surface area contributed by atoms with Gasteiger partial charge >= 0.3 is 0 Å². The standard InChI is InChI=1S/C28H28ClN3O3S/c1-2-18-35-24-14-12-22(13-15-24)30-26(33)19-25-27(34)32(23-6-4-3-5-7-23)28(36)31(25)17-16-20-8-10-21(29)11-9-20/h3-15,25H,2,16-19H2,1H3,(H,30,33). The van der Waals surface area contributed by atoms with Crippen LogP contribution >= 0.6 is 23.8 Å². The summed E-state index contributed by atoms with van der Waals surface area (Å²) in [5.41, 5.74) is 2.40. The molecule has 186 valence electrons. The number of nitrogens with zero attached hydrogens (tertiary/aromatic N) is 2. The normalized spacial score (nSPS) is 15.3. The lowest BCUT2D eigenvalue weighted by atomic mass is 10.1. The van der Waals surface area contributed by atoms with Gasteiger partial charge in [-0.3, -0.25) is 14.5 Å². The lowest BCUT2D eigenvalue weighted by Crippen LogP contribution is -2.39. The molecule has 1 heterocycles. The van der Waals surface area contributed by atoms with Crippen LogP contribution in [0.2, 0.25) is 5.02 Å². The zero-order valence-corrected chi connectivity index (χ0v) is 21.6. The number of hydrogen-bond acceptors (Lipinski definition) is 4. The first-order valence-corrected chi connectivity index (χ1v) is 12.7. The Balaban J connectivity index is 1.48. The molecule has 4 rings (SSSR count). The number of ether oxygens (including phenoxy) is 1. The van der Waals surface area contributed by atoms with Gasteiger partial charge in [-0.1, -0.05) is 48.9 Å². The van der Waals surface area contributed by atoms with Crippen molar-refractivity contribution >= 4 is 52.1 Å². The molecule has 8 heteroatoms.